The molecular formula is C22H37IN4O3S. The predicted molar refractivity (Wildman–Crippen MR) is 135 cm³/mol. The molecule has 31 heavy (non-hydrogen) atoms. The van der Waals surface area contributed by atoms with Gasteiger partial charge in [-0.15, -0.1) is 24.0 Å². The molecule has 0 saturated heterocycles. The minimum absolute atomic E-state index is 0. The molecule has 0 spiro atoms. The van der Waals surface area contributed by atoms with Crippen LogP contribution in [0.25, 0.3) is 0 Å². The molecule has 0 heterocycles. The third-order valence-corrected chi connectivity index (χ3v) is 7.63. The Bertz CT molecular complexity index is 805. The average Bonchev–Trinajstić information content (AvgIpc) is 3.42. The van der Waals surface area contributed by atoms with Gasteiger partial charge >= 0.3 is 0 Å². The van der Waals surface area contributed by atoms with Crippen molar-refractivity contribution >= 4 is 40.0 Å². The second-order valence-electron chi connectivity index (χ2n) is 8.47. The lowest BCUT2D eigenvalue weighted by atomic mass is 9.83. The Morgan fingerprint density at radius 1 is 1.16 bits per heavy atom. The molecular weight excluding hydrogens is 527 g/mol. The SMILES string of the molecule is CCOCCC1(CNC(=NC)NCc2ccc(S(=O)(=O)NC3CC3)cc2)CCCC1.I. The van der Waals surface area contributed by atoms with Crippen molar-refractivity contribution in [3.8, 4) is 0 Å². The first-order valence-electron chi connectivity index (χ1n) is 11.1. The molecule has 2 saturated carbocycles. The number of benzene rings is 1. The van der Waals surface area contributed by atoms with E-state index in [-0.39, 0.29) is 35.4 Å². The Morgan fingerprint density at radius 3 is 2.42 bits per heavy atom. The molecule has 3 rings (SSSR count). The zero-order valence-electron chi connectivity index (χ0n) is 18.7. The van der Waals surface area contributed by atoms with E-state index < -0.39 is 10.0 Å². The van der Waals surface area contributed by atoms with Crippen LogP contribution in [0.15, 0.2) is 34.2 Å². The molecule has 0 atom stereocenters. The highest BCUT2D eigenvalue weighted by molar-refractivity contribution is 14.0. The number of rotatable bonds is 11. The minimum Gasteiger partial charge on any atom is -0.382 e. The van der Waals surface area contributed by atoms with E-state index in [2.05, 4.69) is 20.3 Å². The summed E-state index contributed by atoms with van der Waals surface area (Å²) in [5.74, 6) is 0.768. The maximum Gasteiger partial charge on any atom is 0.240 e. The normalized spacial score (nSPS) is 18.5. The Morgan fingerprint density at radius 2 is 1.84 bits per heavy atom. The van der Waals surface area contributed by atoms with Gasteiger partial charge in [-0.1, -0.05) is 25.0 Å². The fourth-order valence-corrected chi connectivity index (χ4v) is 5.33. The van der Waals surface area contributed by atoms with Gasteiger partial charge in [0.2, 0.25) is 10.0 Å². The van der Waals surface area contributed by atoms with E-state index in [1.807, 2.05) is 19.1 Å². The van der Waals surface area contributed by atoms with E-state index in [4.69, 9.17) is 4.74 Å². The largest absolute Gasteiger partial charge is 0.382 e. The van der Waals surface area contributed by atoms with Crippen LogP contribution in [0.2, 0.25) is 0 Å². The minimum atomic E-state index is -3.40. The summed E-state index contributed by atoms with van der Waals surface area (Å²) in [6.45, 7) is 5.10. The molecule has 3 N–H and O–H groups in total. The third kappa shape index (κ3) is 8.18. The predicted octanol–water partition coefficient (Wildman–Crippen LogP) is 3.40. The quantitative estimate of drug-likeness (QED) is 0.166. The lowest BCUT2D eigenvalue weighted by Gasteiger charge is -2.30. The number of halogens is 1. The number of aliphatic imine (C=N–C) groups is 1. The van der Waals surface area contributed by atoms with Crippen LogP contribution in [-0.2, 0) is 21.3 Å². The highest BCUT2D eigenvalue weighted by Crippen LogP contribution is 2.40. The van der Waals surface area contributed by atoms with Gasteiger partial charge in [0.15, 0.2) is 5.96 Å². The number of nitrogens with one attached hydrogen (secondary N) is 3. The van der Waals surface area contributed by atoms with E-state index >= 15 is 0 Å². The molecule has 9 heteroatoms. The highest BCUT2D eigenvalue weighted by Gasteiger charge is 2.33. The van der Waals surface area contributed by atoms with Crippen LogP contribution in [0.3, 0.4) is 0 Å². The summed E-state index contributed by atoms with van der Waals surface area (Å²) in [5, 5.41) is 6.83. The van der Waals surface area contributed by atoms with Crippen LogP contribution in [0, 0.1) is 5.41 Å². The standard InChI is InChI=1S/C22H36N4O3S.HI/c1-3-29-15-14-22(12-4-5-13-22)17-25-21(23-2)24-16-18-6-10-20(11-7-18)30(27,28)26-19-8-9-19;/h6-7,10-11,19,26H,3-5,8-9,12-17H2,1-2H3,(H2,23,24,25);1H. The van der Waals surface area contributed by atoms with Crippen molar-refractivity contribution in [2.24, 2.45) is 10.4 Å². The van der Waals surface area contributed by atoms with Gasteiger partial charge in [-0.05, 0) is 62.1 Å². The van der Waals surface area contributed by atoms with E-state index in [0.717, 1.165) is 50.5 Å². The van der Waals surface area contributed by atoms with Gasteiger partial charge in [0.05, 0.1) is 4.90 Å². The van der Waals surface area contributed by atoms with E-state index in [1.54, 1.807) is 19.2 Å². The van der Waals surface area contributed by atoms with Crippen LogP contribution in [-0.4, -0.2) is 47.2 Å². The van der Waals surface area contributed by atoms with Gasteiger partial charge in [0.25, 0.3) is 0 Å². The molecule has 7 nitrogen and oxygen atoms in total. The molecule has 0 unspecified atom stereocenters. The van der Waals surface area contributed by atoms with Gasteiger partial charge in [0, 0.05) is 39.4 Å². The van der Waals surface area contributed by atoms with Crippen LogP contribution in [0.5, 0.6) is 0 Å². The summed E-state index contributed by atoms with van der Waals surface area (Å²) in [5.41, 5.74) is 1.30. The first kappa shape index (κ1) is 26.3. The summed E-state index contributed by atoms with van der Waals surface area (Å²) < 4.78 is 32.9. The third-order valence-electron chi connectivity index (χ3n) is 6.09. The fourth-order valence-electron chi connectivity index (χ4n) is 4.03. The van der Waals surface area contributed by atoms with Crippen LogP contribution < -0.4 is 15.4 Å². The summed E-state index contributed by atoms with van der Waals surface area (Å²) in [6, 6.07) is 7.14. The molecule has 0 aliphatic heterocycles. The van der Waals surface area contributed by atoms with Gasteiger partial charge in [-0.25, -0.2) is 13.1 Å². The highest BCUT2D eigenvalue weighted by atomic mass is 127. The Labute approximate surface area is 204 Å². The molecule has 0 amide bonds. The Balaban J connectivity index is 0.00000341. The van der Waals surface area contributed by atoms with E-state index in [0.29, 0.717) is 11.4 Å². The maximum atomic E-state index is 12.3. The van der Waals surface area contributed by atoms with E-state index in [9.17, 15) is 8.42 Å². The monoisotopic (exact) mass is 564 g/mol. The zero-order chi connectivity index (χ0) is 21.5. The number of hydrogen-bond donors (Lipinski definition) is 3. The van der Waals surface area contributed by atoms with Crippen molar-refractivity contribution in [1.82, 2.24) is 15.4 Å². The number of sulfonamides is 1. The van der Waals surface area contributed by atoms with Gasteiger partial charge < -0.3 is 15.4 Å². The van der Waals surface area contributed by atoms with Gasteiger partial charge in [0.1, 0.15) is 0 Å². The van der Waals surface area contributed by atoms with Crippen molar-refractivity contribution in [2.45, 2.75) is 69.4 Å². The summed E-state index contributed by atoms with van der Waals surface area (Å²) in [7, 11) is -1.63. The lowest BCUT2D eigenvalue weighted by molar-refractivity contribution is 0.105. The lowest BCUT2D eigenvalue weighted by Crippen LogP contribution is -2.43. The topological polar surface area (TPSA) is 91.8 Å². The molecule has 1 aromatic rings. The molecule has 2 aliphatic rings. The number of guanidine groups is 1. The Hall–Kier alpha value is -0.910. The molecule has 1 aromatic carbocycles. The molecule has 0 radical (unpaired) electrons. The van der Waals surface area contributed by atoms with Gasteiger partial charge in [-0.2, -0.15) is 0 Å². The summed E-state index contributed by atoms with van der Waals surface area (Å²) in [4.78, 5) is 4.66. The zero-order valence-corrected chi connectivity index (χ0v) is 21.8. The Kier molecular flexibility index (Phi) is 10.5. The molecule has 0 bridgehead atoms. The second-order valence-corrected chi connectivity index (χ2v) is 10.2. The first-order chi connectivity index (χ1) is 14.5. The molecule has 176 valence electrons. The maximum absolute atomic E-state index is 12.3. The van der Waals surface area contributed by atoms with Crippen LogP contribution >= 0.6 is 24.0 Å². The van der Waals surface area contributed by atoms with Crippen molar-refractivity contribution < 1.29 is 13.2 Å². The fraction of sp³-hybridized carbons (Fsp3) is 0.682. The molecule has 2 aliphatic carbocycles. The summed E-state index contributed by atoms with van der Waals surface area (Å²) in [6.07, 6.45) is 7.97. The average molecular weight is 565 g/mol. The van der Waals surface area contributed by atoms with Crippen molar-refractivity contribution in [1.29, 1.82) is 0 Å². The van der Waals surface area contributed by atoms with Crippen molar-refractivity contribution in [3.63, 3.8) is 0 Å². The van der Waals surface area contributed by atoms with Crippen LogP contribution in [0.1, 0.15) is 57.4 Å². The van der Waals surface area contributed by atoms with E-state index in [1.165, 1.54) is 25.7 Å². The molecule has 0 aromatic heterocycles. The summed E-state index contributed by atoms with van der Waals surface area (Å²) >= 11 is 0. The number of ether oxygens (including phenoxy) is 1. The smallest absolute Gasteiger partial charge is 0.240 e. The van der Waals surface area contributed by atoms with Gasteiger partial charge in [-0.3, -0.25) is 4.99 Å². The second kappa shape index (κ2) is 12.4. The van der Waals surface area contributed by atoms with Crippen molar-refractivity contribution in [3.05, 3.63) is 29.8 Å². The number of hydrogen-bond acceptors (Lipinski definition) is 4. The number of nitrogens with zero attached hydrogens (tertiary/aromatic N) is 1. The van der Waals surface area contributed by atoms with Crippen LogP contribution in [0.4, 0.5) is 0 Å². The molecule has 2 fully saturated rings. The van der Waals surface area contributed by atoms with Crippen molar-refractivity contribution in [2.75, 3.05) is 26.8 Å². The first-order valence-corrected chi connectivity index (χ1v) is 12.6.